The lowest BCUT2D eigenvalue weighted by Gasteiger charge is -2.31. The van der Waals surface area contributed by atoms with Crippen LogP contribution in [-0.4, -0.2) is 63.9 Å². The zero-order valence-corrected chi connectivity index (χ0v) is 28.9. The Morgan fingerprint density at radius 3 is 2.29 bits per heavy atom. The van der Waals surface area contributed by atoms with Gasteiger partial charge >= 0.3 is 6.18 Å². The third-order valence-corrected chi connectivity index (χ3v) is 9.55. The van der Waals surface area contributed by atoms with Gasteiger partial charge in [0.1, 0.15) is 5.75 Å². The van der Waals surface area contributed by atoms with Crippen LogP contribution in [0.15, 0.2) is 97.1 Å². The molecule has 2 amide bonds. The van der Waals surface area contributed by atoms with E-state index in [2.05, 4.69) is 10.6 Å². The highest BCUT2D eigenvalue weighted by molar-refractivity contribution is 7.92. The first kappa shape index (κ1) is 37.3. The molecule has 1 aliphatic heterocycles. The van der Waals surface area contributed by atoms with Gasteiger partial charge in [0, 0.05) is 26.1 Å². The Labute approximate surface area is 294 Å². The number of halogens is 3. The summed E-state index contributed by atoms with van der Waals surface area (Å²) in [6, 6.07) is 23.9. The van der Waals surface area contributed by atoms with E-state index in [9.17, 15) is 36.3 Å². The minimum absolute atomic E-state index is 0.0205. The smallest absolute Gasteiger partial charge is 0.416 e. The Kier molecular flexibility index (Phi) is 11.7. The number of para-hydroxylation sites is 1. The van der Waals surface area contributed by atoms with Crippen molar-refractivity contribution in [3.8, 4) is 5.75 Å². The van der Waals surface area contributed by atoms with Gasteiger partial charge in [0.15, 0.2) is 0 Å². The zero-order valence-electron chi connectivity index (χ0n) is 28.1. The molecule has 1 heterocycles. The fourth-order valence-corrected chi connectivity index (χ4v) is 7.04. The number of hydrogen-bond donors (Lipinski definition) is 3. The minimum atomic E-state index is -4.50. The van der Waals surface area contributed by atoms with E-state index in [1.54, 1.807) is 24.3 Å². The van der Waals surface area contributed by atoms with E-state index in [1.165, 1.54) is 42.3 Å². The van der Waals surface area contributed by atoms with Crippen LogP contribution in [0, 0.1) is 0 Å². The summed E-state index contributed by atoms with van der Waals surface area (Å²) in [7, 11) is -2.53. The normalized spacial score (nSPS) is 14.6. The van der Waals surface area contributed by atoms with Gasteiger partial charge in [-0.1, -0.05) is 54.6 Å². The largest absolute Gasteiger partial charge is 0.497 e. The van der Waals surface area contributed by atoms with Crippen LogP contribution in [0.1, 0.15) is 39.9 Å². The number of sulfonamides is 1. The van der Waals surface area contributed by atoms with Gasteiger partial charge in [0.05, 0.1) is 53.7 Å². The summed E-state index contributed by atoms with van der Waals surface area (Å²) in [5.41, 5.74) is 0.853. The Morgan fingerprint density at radius 2 is 1.67 bits per heavy atom. The molecular formula is C37H39F3N4O6S. The van der Waals surface area contributed by atoms with Crippen molar-refractivity contribution in [2.24, 2.45) is 0 Å². The van der Waals surface area contributed by atoms with Gasteiger partial charge in [-0.25, -0.2) is 12.7 Å². The molecule has 3 N–H and O–H groups in total. The van der Waals surface area contributed by atoms with Crippen LogP contribution in [0.3, 0.4) is 0 Å². The zero-order chi connectivity index (χ0) is 36.8. The summed E-state index contributed by atoms with van der Waals surface area (Å²) < 4.78 is 72.7. The van der Waals surface area contributed by atoms with Crippen LogP contribution in [0.4, 0.5) is 30.2 Å². The molecule has 10 nitrogen and oxygen atoms in total. The van der Waals surface area contributed by atoms with Gasteiger partial charge in [0.25, 0.3) is 5.91 Å². The maximum Gasteiger partial charge on any atom is 0.416 e. The molecule has 51 heavy (non-hydrogen) atoms. The van der Waals surface area contributed by atoms with Crippen molar-refractivity contribution >= 4 is 38.9 Å². The molecule has 4 aromatic rings. The summed E-state index contributed by atoms with van der Waals surface area (Å²) >= 11 is 0. The summed E-state index contributed by atoms with van der Waals surface area (Å²) in [6.07, 6.45) is -3.77. The van der Waals surface area contributed by atoms with Crippen molar-refractivity contribution in [3.63, 3.8) is 0 Å². The van der Waals surface area contributed by atoms with Crippen molar-refractivity contribution in [1.82, 2.24) is 10.6 Å². The number of rotatable bonds is 14. The number of hydrogen-bond acceptors (Lipinski definition) is 7. The van der Waals surface area contributed by atoms with Gasteiger partial charge in [-0.3, -0.25) is 9.59 Å². The molecule has 1 saturated heterocycles. The molecule has 0 aliphatic carbocycles. The van der Waals surface area contributed by atoms with E-state index in [4.69, 9.17) is 4.74 Å². The number of carbonyl (C=O) groups excluding carboxylic acids is 2. The third-order valence-electron chi connectivity index (χ3n) is 8.48. The second-order valence-electron chi connectivity index (χ2n) is 12.2. The quantitative estimate of drug-likeness (QED) is 0.158. The summed E-state index contributed by atoms with van der Waals surface area (Å²) in [6.45, 7) is 0.208. The number of nitrogens with one attached hydrogen (secondary N) is 2. The van der Waals surface area contributed by atoms with Crippen LogP contribution in [0.5, 0.6) is 5.75 Å². The number of carbonyl (C=O) groups is 2. The van der Waals surface area contributed by atoms with E-state index in [-0.39, 0.29) is 61.0 Å². The summed E-state index contributed by atoms with van der Waals surface area (Å²) in [5, 5.41) is 17.3. The van der Waals surface area contributed by atoms with E-state index in [1.807, 2.05) is 30.3 Å². The molecule has 0 bridgehead atoms. The molecule has 1 aliphatic rings. The standard InChI is InChI=1S/C37H39F3N4O6S/c1-50-29-18-16-28(17-19-29)44(51(2,48)49)32-14-7-13-30(35(32)43-20-8-15-34(43)46)36(47)42-31(22-25-9-4-3-5-10-25)33(45)24-41-23-26-11-6-12-27(21-26)37(38,39)40/h3-7,9-14,16-19,21,31,33,41,45H,8,15,20,22-24H2,1-2H3,(H,42,47)/t31-,33+/m0/s1. The first-order valence-corrected chi connectivity index (χ1v) is 18.1. The number of aliphatic hydroxyl groups is 1. The Morgan fingerprint density at radius 1 is 0.980 bits per heavy atom. The molecular weight excluding hydrogens is 685 g/mol. The monoisotopic (exact) mass is 724 g/mol. The number of alkyl halides is 3. The molecule has 0 spiro atoms. The summed E-state index contributed by atoms with van der Waals surface area (Å²) in [5.74, 6) is -0.436. The molecule has 270 valence electrons. The van der Waals surface area contributed by atoms with Crippen molar-refractivity contribution in [2.45, 2.75) is 44.1 Å². The van der Waals surface area contributed by atoms with Crippen LogP contribution in [0.2, 0.25) is 0 Å². The van der Waals surface area contributed by atoms with E-state index in [0.29, 0.717) is 17.7 Å². The van der Waals surface area contributed by atoms with Crippen LogP contribution in [0.25, 0.3) is 0 Å². The maximum absolute atomic E-state index is 14.2. The lowest BCUT2D eigenvalue weighted by atomic mass is 9.99. The van der Waals surface area contributed by atoms with Crippen molar-refractivity contribution in [3.05, 3.63) is 119 Å². The lowest BCUT2D eigenvalue weighted by molar-refractivity contribution is -0.137. The molecule has 2 atom stereocenters. The average Bonchev–Trinajstić information content (AvgIpc) is 3.53. The first-order valence-electron chi connectivity index (χ1n) is 16.2. The number of anilines is 3. The van der Waals surface area contributed by atoms with Crippen LogP contribution in [-0.2, 0) is 34.0 Å². The SMILES string of the molecule is COc1ccc(N(c2cccc(C(=O)N[C@@H](Cc3ccccc3)[C@H](O)CNCc3cccc(C(F)(F)F)c3)c2N2CCCC2=O)S(C)(=O)=O)cc1. The number of benzene rings is 4. The minimum Gasteiger partial charge on any atom is -0.497 e. The van der Waals surface area contributed by atoms with Crippen molar-refractivity contribution in [1.29, 1.82) is 0 Å². The molecule has 1 fully saturated rings. The average molecular weight is 725 g/mol. The van der Waals surface area contributed by atoms with Crippen molar-refractivity contribution in [2.75, 3.05) is 35.7 Å². The predicted molar refractivity (Wildman–Crippen MR) is 189 cm³/mol. The van der Waals surface area contributed by atoms with Gasteiger partial charge in [0.2, 0.25) is 15.9 Å². The highest BCUT2D eigenvalue weighted by atomic mass is 32.2. The topological polar surface area (TPSA) is 128 Å². The fourth-order valence-electron chi connectivity index (χ4n) is 6.04. The second-order valence-corrected chi connectivity index (χ2v) is 14.0. The third kappa shape index (κ3) is 9.25. The number of aliphatic hydroxyl groups excluding tert-OH is 1. The highest BCUT2D eigenvalue weighted by Gasteiger charge is 2.34. The molecule has 5 rings (SSSR count). The summed E-state index contributed by atoms with van der Waals surface area (Å²) in [4.78, 5) is 28.8. The van der Waals surface area contributed by atoms with Crippen LogP contribution >= 0.6 is 0 Å². The number of nitrogens with zero attached hydrogens (tertiary/aromatic N) is 2. The molecule has 0 saturated carbocycles. The molecule has 14 heteroatoms. The van der Waals surface area contributed by atoms with E-state index < -0.39 is 39.8 Å². The number of ether oxygens (including phenoxy) is 1. The number of methoxy groups -OCH3 is 1. The van der Waals surface area contributed by atoms with Gasteiger partial charge in [-0.05, 0) is 66.4 Å². The second kappa shape index (κ2) is 16.0. The Hall–Kier alpha value is -4.92. The van der Waals surface area contributed by atoms with Crippen molar-refractivity contribution < 1.29 is 41.0 Å². The Bertz CT molecular complexity index is 1940. The fraction of sp³-hybridized carbons (Fsp3) is 0.297. The molecule has 0 aromatic heterocycles. The van der Waals surface area contributed by atoms with Gasteiger partial charge in [-0.2, -0.15) is 13.2 Å². The van der Waals surface area contributed by atoms with Gasteiger partial charge < -0.3 is 25.4 Å². The van der Waals surface area contributed by atoms with Gasteiger partial charge in [-0.15, -0.1) is 0 Å². The maximum atomic E-state index is 14.2. The van der Waals surface area contributed by atoms with E-state index >= 15 is 0 Å². The first-order chi connectivity index (χ1) is 24.3. The Balaban J connectivity index is 1.47. The number of amides is 2. The molecule has 0 radical (unpaired) electrons. The predicted octanol–water partition coefficient (Wildman–Crippen LogP) is 5.43. The molecule has 0 unspecified atom stereocenters. The van der Waals surface area contributed by atoms with Crippen LogP contribution < -0.4 is 24.6 Å². The molecule has 4 aromatic carbocycles. The highest BCUT2D eigenvalue weighted by Crippen LogP contribution is 2.41. The lowest BCUT2D eigenvalue weighted by Crippen LogP contribution is -2.49. The van der Waals surface area contributed by atoms with E-state index in [0.717, 1.165) is 28.3 Å².